The summed E-state index contributed by atoms with van der Waals surface area (Å²) in [6.45, 7) is 2.00. The topological polar surface area (TPSA) is 55.1 Å². The van der Waals surface area contributed by atoms with E-state index >= 15 is 0 Å². The Balaban J connectivity index is 1.92. The lowest BCUT2D eigenvalue weighted by molar-refractivity contribution is -0.113. The Kier molecular flexibility index (Phi) is 4.63. The molecule has 20 heavy (non-hydrogen) atoms. The molecule has 0 atom stereocenters. The van der Waals surface area contributed by atoms with E-state index in [-0.39, 0.29) is 17.3 Å². The van der Waals surface area contributed by atoms with Crippen LogP contribution < -0.4 is 11.1 Å². The Morgan fingerprint density at radius 1 is 1.30 bits per heavy atom. The van der Waals surface area contributed by atoms with Crippen molar-refractivity contribution in [1.82, 2.24) is 0 Å². The van der Waals surface area contributed by atoms with Crippen LogP contribution in [0.4, 0.5) is 15.8 Å². The maximum absolute atomic E-state index is 12.9. The van der Waals surface area contributed by atoms with Crippen LogP contribution in [0.1, 0.15) is 5.56 Å². The molecule has 2 aromatic rings. The fraction of sp³-hybridized carbons (Fsp3) is 0.133. The zero-order valence-electron chi connectivity index (χ0n) is 11.0. The van der Waals surface area contributed by atoms with Gasteiger partial charge < -0.3 is 11.1 Å². The lowest BCUT2D eigenvalue weighted by atomic mass is 10.2. The first-order chi connectivity index (χ1) is 9.54. The molecule has 2 rings (SSSR count). The molecule has 0 aliphatic rings. The van der Waals surface area contributed by atoms with E-state index < -0.39 is 5.82 Å². The molecule has 0 radical (unpaired) electrons. The highest BCUT2D eigenvalue weighted by atomic mass is 32.2. The molecule has 0 aromatic heterocycles. The minimum atomic E-state index is -0.422. The minimum absolute atomic E-state index is 0.171. The first kappa shape index (κ1) is 14.4. The van der Waals surface area contributed by atoms with Gasteiger partial charge in [-0.15, -0.1) is 11.8 Å². The van der Waals surface area contributed by atoms with Crippen LogP contribution in [-0.2, 0) is 4.79 Å². The van der Waals surface area contributed by atoms with Crippen molar-refractivity contribution < 1.29 is 9.18 Å². The van der Waals surface area contributed by atoms with Crippen LogP contribution in [0.15, 0.2) is 47.4 Å². The highest BCUT2D eigenvalue weighted by molar-refractivity contribution is 8.00. The molecule has 0 unspecified atom stereocenters. The van der Waals surface area contributed by atoms with Crippen LogP contribution in [0.25, 0.3) is 0 Å². The van der Waals surface area contributed by atoms with E-state index in [9.17, 15) is 9.18 Å². The van der Waals surface area contributed by atoms with Gasteiger partial charge >= 0.3 is 0 Å². The maximum Gasteiger partial charge on any atom is 0.234 e. The van der Waals surface area contributed by atoms with Crippen molar-refractivity contribution in [3.05, 3.63) is 53.8 Å². The Labute approximate surface area is 121 Å². The molecule has 0 saturated heterocycles. The largest absolute Gasteiger partial charge is 0.397 e. The number of nitrogens with two attached hydrogens (primary N) is 1. The monoisotopic (exact) mass is 290 g/mol. The third-order valence-corrected chi connectivity index (χ3v) is 3.64. The fourth-order valence-corrected chi connectivity index (χ4v) is 2.50. The first-order valence-corrected chi connectivity index (χ1v) is 7.07. The third kappa shape index (κ3) is 3.99. The summed E-state index contributed by atoms with van der Waals surface area (Å²) in [5, 5.41) is 2.67. The van der Waals surface area contributed by atoms with Crippen LogP contribution in [0.5, 0.6) is 0 Å². The van der Waals surface area contributed by atoms with Crippen molar-refractivity contribution in [1.29, 1.82) is 0 Å². The Hall–Kier alpha value is -2.01. The van der Waals surface area contributed by atoms with Gasteiger partial charge in [0.2, 0.25) is 5.91 Å². The number of carbonyl (C=O) groups excluding carboxylic acids is 1. The van der Waals surface area contributed by atoms with Crippen molar-refractivity contribution in [2.24, 2.45) is 0 Å². The van der Waals surface area contributed by atoms with Crippen molar-refractivity contribution in [2.75, 3.05) is 16.8 Å². The zero-order chi connectivity index (χ0) is 14.5. The van der Waals surface area contributed by atoms with Gasteiger partial charge in [-0.05, 0) is 37.3 Å². The van der Waals surface area contributed by atoms with E-state index in [1.807, 2.05) is 31.2 Å². The van der Waals surface area contributed by atoms with Crippen molar-refractivity contribution >= 4 is 29.0 Å². The summed E-state index contributed by atoms with van der Waals surface area (Å²) < 4.78 is 12.9. The number of carbonyl (C=O) groups is 1. The average molecular weight is 290 g/mol. The second-order valence-electron chi connectivity index (χ2n) is 4.38. The van der Waals surface area contributed by atoms with E-state index in [0.717, 1.165) is 10.5 Å². The van der Waals surface area contributed by atoms with Crippen LogP contribution >= 0.6 is 11.8 Å². The average Bonchev–Trinajstić information content (AvgIpc) is 2.40. The molecule has 0 spiro atoms. The minimum Gasteiger partial charge on any atom is -0.397 e. The van der Waals surface area contributed by atoms with Crippen LogP contribution in [0.2, 0.25) is 0 Å². The number of amides is 1. The normalized spacial score (nSPS) is 10.3. The number of halogens is 1. The van der Waals surface area contributed by atoms with Gasteiger partial charge in [0, 0.05) is 4.90 Å². The smallest absolute Gasteiger partial charge is 0.234 e. The number of rotatable bonds is 4. The molecule has 104 valence electrons. The number of thioether (sulfide) groups is 1. The van der Waals surface area contributed by atoms with Gasteiger partial charge in [0.05, 0.1) is 17.1 Å². The SMILES string of the molecule is Cc1cccc(SCC(=O)Nc2ccc(F)cc2N)c1. The molecular formula is C15H15FN2OS. The number of anilines is 2. The van der Waals surface area contributed by atoms with Crippen molar-refractivity contribution in [3.8, 4) is 0 Å². The van der Waals surface area contributed by atoms with Gasteiger partial charge in [-0.25, -0.2) is 4.39 Å². The Morgan fingerprint density at radius 2 is 2.10 bits per heavy atom. The van der Waals surface area contributed by atoms with Crippen molar-refractivity contribution in [2.45, 2.75) is 11.8 Å². The van der Waals surface area contributed by atoms with E-state index in [0.29, 0.717) is 5.69 Å². The summed E-state index contributed by atoms with van der Waals surface area (Å²) in [4.78, 5) is 12.9. The number of benzene rings is 2. The van der Waals surface area contributed by atoms with Crippen LogP contribution in [0, 0.1) is 12.7 Å². The molecule has 0 bridgehead atoms. The highest BCUT2D eigenvalue weighted by Gasteiger charge is 2.07. The number of hydrogen-bond donors (Lipinski definition) is 2. The third-order valence-electron chi connectivity index (χ3n) is 2.65. The molecule has 0 heterocycles. The Morgan fingerprint density at radius 3 is 2.80 bits per heavy atom. The van der Waals surface area contributed by atoms with Gasteiger partial charge in [-0.1, -0.05) is 17.7 Å². The maximum atomic E-state index is 12.9. The molecular weight excluding hydrogens is 275 g/mol. The van der Waals surface area contributed by atoms with Gasteiger partial charge in [0.15, 0.2) is 0 Å². The molecule has 3 N–H and O–H groups in total. The summed E-state index contributed by atoms with van der Waals surface area (Å²) in [5.41, 5.74) is 7.44. The predicted octanol–water partition coefficient (Wildman–Crippen LogP) is 3.45. The van der Waals surface area contributed by atoms with Crippen LogP contribution in [-0.4, -0.2) is 11.7 Å². The van der Waals surface area contributed by atoms with Gasteiger partial charge in [0.25, 0.3) is 0 Å². The molecule has 0 aliphatic carbocycles. The molecule has 0 aliphatic heterocycles. The standard InChI is InChI=1S/C15H15FN2OS/c1-10-3-2-4-12(7-10)20-9-15(19)18-14-6-5-11(16)8-13(14)17/h2-8H,9,17H2,1H3,(H,18,19). The van der Waals surface area contributed by atoms with E-state index in [1.165, 1.54) is 30.0 Å². The molecule has 2 aromatic carbocycles. The zero-order valence-corrected chi connectivity index (χ0v) is 11.8. The molecule has 0 fully saturated rings. The quantitative estimate of drug-likeness (QED) is 0.670. The number of nitrogens with one attached hydrogen (secondary N) is 1. The second kappa shape index (κ2) is 6.43. The van der Waals surface area contributed by atoms with Crippen LogP contribution in [0.3, 0.4) is 0 Å². The molecule has 1 amide bonds. The number of aryl methyl sites for hydroxylation is 1. The lowest BCUT2D eigenvalue weighted by Gasteiger charge is -2.08. The predicted molar refractivity (Wildman–Crippen MR) is 81.3 cm³/mol. The summed E-state index contributed by atoms with van der Waals surface area (Å²) >= 11 is 1.44. The van der Waals surface area contributed by atoms with E-state index in [4.69, 9.17) is 5.73 Å². The first-order valence-electron chi connectivity index (χ1n) is 6.09. The van der Waals surface area contributed by atoms with Gasteiger partial charge in [0.1, 0.15) is 5.82 Å². The number of nitrogen functional groups attached to an aromatic ring is 1. The van der Waals surface area contributed by atoms with E-state index in [1.54, 1.807) is 0 Å². The summed E-state index contributed by atoms with van der Waals surface area (Å²) in [6, 6.07) is 11.8. The molecule has 3 nitrogen and oxygen atoms in total. The van der Waals surface area contributed by atoms with Gasteiger partial charge in [-0.2, -0.15) is 0 Å². The van der Waals surface area contributed by atoms with Gasteiger partial charge in [-0.3, -0.25) is 4.79 Å². The summed E-state index contributed by atoms with van der Waals surface area (Å²) in [5.74, 6) is -0.315. The molecule has 5 heteroatoms. The summed E-state index contributed by atoms with van der Waals surface area (Å²) in [7, 11) is 0. The summed E-state index contributed by atoms with van der Waals surface area (Å²) in [6.07, 6.45) is 0. The van der Waals surface area contributed by atoms with Crippen molar-refractivity contribution in [3.63, 3.8) is 0 Å². The second-order valence-corrected chi connectivity index (χ2v) is 5.43. The lowest BCUT2D eigenvalue weighted by Crippen LogP contribution is -2.15. The fourth-order valence-electron chi connectivity index (χ4n) is 1.69. The molecule has 0 saturated carbocycles. The highest BCUT2D eigenvalue weighted by Crippen LogP contribution is 2.21. The van der Waals surface area contributed by atoms with E-state index in [2.05, 4.69) is 5.32 Å². The Bertz CT molecular complexity index is 631. The number of hydrogen-bond acceptors (Lipinski definition) is 3.